The third-order valence-corrected chi connectivity index (χ3v) is 6.13. The van der Waals surface area contributed by atoms with Crippen LogP contribution in [-0.2, 0) is 4.79 Å². The second-order valence-electron chi connectivity index (χ2n) is 7.11. The maximum atomic E-state index is 13.1. The van der Waals surface area contributed by atoms with Gasteiger partial charge in [-0.3, -0.25) is 14.2 Å². The summed E-state index contributed by atoms with van der Waals surface area (Å²) >= 11 is 7.29. The Hall–Kier alpha value is -3.09. The highest BCUT2D eigenvalue weighted by molar-refractivity contribution is 8.00. The van der Waals surface area contributed by atoms with Crippen LogP contribution in [0.2, 0.25) is 5.02 Å². The van der Waals surface area contributed by atoms with Crippen molar-refractivity contribution in [3.63, 3.8) is 0 Å². The molecule has 1 heterocycles. The third kappa shape index (κ3) is 4.65. The van der Waals surface area contributed by atoms with Crippen molar-refractivity contribution < 1.29 is 4.79 Å². The van der Waals surface area contributed by atoms with E-state index in [1.54, 1.807) is 34.9 Å². The van der Waals surface area contributed by atoms with Crippen LogP contribution in [0.1, 0.15) is 11.4 Å². The maximum Gasteiger partial charge on any atom is 0.265 e. The first-order valence-corrected chi connectivity index (χ1v) is 11.1. The lowest BCUT2D eigenvalue weighted by Gasteiger charge is -2.12. The number of aromatic nitrogens is 2. The molecule has 0 bridgehead atoms. The Morgan fingerprint density at radius 1 is 1.03 bits per heavy atom. The van der Waals surface area contributed by atoms with Crippen LogP contribution in [0.5, 0.6) is 0 Å². The van der Waals surface area contributed by atoms with Gasteiger partial charge in [-0.1, -0.05) is 23.7 Å². The van der Waals surface area contributed by atoms with Crippen molar-refractivity contribution in [1.82, 2.24) is 9.55 Å². The minimum atomic E-state index is -0.0995. The molecule has 0 radical (unpaired) electrons. The number of rotatable bonds is 5. The number of aryl methyl sites for hydroxylation is 2. The molecule has 0 saturated carbocycles. The van der Waals surface area contributed by atoms with Gasteiger partial charge in [0.15, 0.2) is 0 Å². The van der Waals surface area contributed by atoms with Crippen molar-refractivity contribution in [2.24, 2.45) is 0 Å². The van der Waals surface area contributed by atoms with Crippen molar-refractivity contribution in [3.05, 3.63) is 93.5 Å². The van der Waals surface area contributed by atoms with Gasteiger partial charge in [0.2, 0.25) is 5.91 Å². The van der Waals surface area contributed by atoms with Crippen molar-refractivity contribution in [2.75, 3.05) is 11.1 Å². The summed E-state index contributed by atoms with van der Waals surface area (Å²) in [6.45, 7) is 3.78. The smallest absolute Gasteiger partial charge is 0.265 e. The summed E-state index contributed by atoms with van der Waals surface area (Å²) in [6.07, 6.45) is 0. The van der Waals surface area contributed by atoms with E-state index in [1.807, 2.05) is 50.2 Å². The molecule has 31 heavy (non-hydrogen) atoms. The lowest BCUT2D eigenvalue weighted by Crippen LogP contribution is -2.22. The topological polar surface area (TPSA) is 64.0 Å². The first-order valence-electron chi connectivity index (χ1n) is 9.70. The Labute approximate surface area is 189 Å². The van der Waals surface area contributed by atoms with Crippen molar-refractivity contribution in [1.29, 1.82) is 0 Å². The summed E-state index contributed by atoms with van der Waals surface area (Å²) < 4.78 is 1.61. The molecule has 0 saturated heterocycles. The first-order chi connectivity index (χ1) is 14.9. The Morgan fingerprint density at radius 3 is 2.45 bits per heavy atom. The largest absolute Gasteiger partial charge is 0.325 e. The number of thioether (sulfide) groups is 1. The number of nitrogens with one attached hydrogen (secondary N) is 1. The molecule has 1 amide bonds. The number of hydrogen-bond donors (Lipinski definition) is 1. The molecule has 0 unspecified atom stereocenters. The zero-order chi connectivity index (χ0) is 22.0. The van der Waals surface area contributed by atoms with Gasteiger partial charge in [-0.25, -0.2) is 4.98 Å². The molecule has 0 spiro atoms. The number of carbonyl (C=O) groups is 1. The van der Waals surface area contributed by atoms with Crippen LogP contribution in [0.25, 0.3) is 16.6 Å². The zero-order valence-corrected chi connectivity index (χ0v) is 18.6. The third-order valence-electron chi connectivity index (χ3n) is 4.86. The summed E-state index contributed by atoms with van der Waals surface area (Å²) in [5.41, 5.74) is 3.08. The molecule has 7 heteroatoms. The number of nitrogens with zero attached hydrogens (tertiary/aromatic N) is 2. The van der Waals surface area contributed by atoms with Gasteiger partial charge in [0.1, 0.15) is 5.82 Å². The predicted octanol–water partition coefficient (Wildman–Crippen LogP) is 5.39. The van der Waals surface area contributed by atoms with E-state index in [1.165, 1.54) is 11.8 Å². The average molecular weight is 450 g/mol. The fraction of sp³-hybridized carbons (Fsp3) is 0.125. The van der Waals surface area contributed by atoms with Crippen molar-refractivity contribution in [2.45, 2.75) is 18.7 Å². The van der Waals surface area contributed by atoms with E-state index in [9.17, 15) is 9.59 Å². The number of hydrogen-bond acceptors (Lipinski definition) is 4. The molecule has 1 aromatic heterocycles. The van der Waals surface area contributed by atoms with E-state index in [2.05, 4.69) is 10.3 Å². The van der Waals surface area contributed by atoms with Crippen LogP contribution in [0, 0.1) is 13.8 Å². The minimum absolute atomic E-state index is 0.0889. The summed E-state index contributed by atoms with van der Waals surface area (Å²) in [6, 6.07) is 20.2. The second kappa shape index (κ2) is 8.96. The fourth-order valence-corrected chi connectivity index (χ4v) is 4.16. The molecule has 4 aromatic rings. The SMILES string of the molecule is Cc1cccc2c(=O)n(-c3ccc(SCC(=O)Nc4ccc(Cl)cc4)cc3)c(C)nc12. The molecule has 5 nitrogen and oxygen atoms in total. The van der Waals surface area contributed by atoms with Crippen LogP contribution in [0.3, 0.4) is 0 Å². The van der Waals surface area contributed by atoms with Gasteiger partial charge in [-0.2, -0.15) is 0 Å². The molecule has 156 valence electrons. The number of fused-ring (bicyclic) bond motifs is 1. The highest BCUT2D eigenvalue weighted by atomic mass is 35.5. The predicted molar refractivity (Wildman–Crippen MR) is 128 cm³/mol. The summed E-state index contributed by atoms with van der Waals surface area (Å²) in [4.78, 5) is 30.8. The molecule has 4 rings (SSSR count). The van der Waals surface area contributed by atoms with Crippen molar-refractivity contribution in [3.8, 4) is 5.69 Å². The molecule has 0 atom stereocenters. The highest BCUT2D eigenvalue weighted by Crippen LogP contribution is 2.22. The summed E-state index contributed by atoms with van der Waals surface area (Å²) in [5, 5.41) is 4.06. The van der Waals surface area contributed by atoms with Gasteiger partial charge in [-0.15, -0.1) is 11.8 Å². The second-order valence-corrected chi connectivity index (χ2v) is 8.59. The van der Waals surface area contributed by atoms with E-state index in [-0.39, 0.29) is 17.2 Å². The normalized spacial score (nSPS) is 10.9. The van der Waals surface area contributed by atoms with E-state index in [0.29, 0.717) is 21.9 Å². The van der Waals surface area contributed by atoms with Crippen LogP contribution >= 0.6 is 23.4 Å². The van der Waals surface area contributed by atoms with Crippen LogP contribution in [0.15, 0.2) is 76.4 Å². The van der Waals surface area contributed by atoms with E-state index >= 15 is 0 Å². The monoisotopic (exact) mass is 449 g/mol. The number of halogens is 1. The van der Waals surface area contributed by atoms with Crippen LogP contribution < -0.4 is 10.9 Å². The highest BCUT2D eigenvalue weighted by Gasteiger charge is 2.11. The maximum absolute atomic E-state index is 13.1. The number of para-hydroxylation sites is 1. The molecule has 0 aliphatic rings. The van der Waals surface area contributed by atoms with Gasteiger partial charge < -0.3 is 5.32 Å². The van der Waals surface area contributed by atoms with Crippen LogP contribution in [-0.4, -0.2) is 21.2 Å². The van der Waals surface area contributed by atoms with E-state index in [0.717, 1.165) is 21.7 Å². The molecule has 3 aromatic carbocycles. The van der Waals surface area contributed by atoms with E-state index in [4.69, 9.17) is 11.6 Å². The summed E-state index contributed by atoms with van der Waals surface area (Å²) in [7, 11) is 0. The number of benzene rings is 3. The Bertz CT molecular complexity index is 1320. The lowest BCUT2D eigenvalue weighted by atomic mass is 10.1. The molecule has 1 N–H and O–H groups in total. The van der Waals surface area contributed by atoms with E-state index < -0.39 is 0 Å². The molecular weight excluding hydrogens is 430 g/mol. The lowest BCUT2D eigenvalue weighted by molar-refractivity contribution is -0.113. The number of anilines is 1. The van der Waals surface area contributed by atoms with Gasteiger partial charge in [0, 0.05) is 15.6 Å². The molecule has 0 aliphatic carbocycles. The number of carbonyl (C=O) groups excluding carboxylic acids is 1. The van der Waals surface area contributed by atoms with Crippen molar-refractivity contribution >= 4 is 45.9 Å². The fourth-order valence-electron chi connectivity index (χ4n) is 3.33. The minimum Gasteiger partial charge on any atom is -0.325 e. The van der Waals surface area contributed by atoms with Gasteiger partial charge >= 0.3 is 0 Å². The molecular formula is C24H20ClN3O2S. The van der Waals surface area contributed by atoms with Gasteiger partial charge in [-0.05, 0) is 74.0 Å². The molecule has 0 fully saturated rings. The Balaban J connectivity index is 1.49. The van der Waals surface area contributed by atoms with Gasteiger partial charge in [0.05, 0.1) is 22.3 Å². The first kappa shape index (κ1) is 21.2. The Morgan fingerprint density at radius 2 is 1.74 bits per heavy atom. The van der Waals surface area contributed by atoms with Gasteiger partial charge in [0.25, 0.3) is 5.56 Å². The number of amides is 1. The van der Waals surface area contributed by atoms with Crippen LogP contribution in [0.4, 0.5) is 5.69 Å². The Kier molecular flexibility index (Phi) is 6.11. The zero-order valence-electron chi connectivity index (χ0n) is 17.1. The summed E-state index contributed by atoms with van der Waals surface area (Å²) in [5.74, 6) is 0.810. The quantitative estimate of drug-likeness (QED) is 0.415. The molecule has 0 aliphatic heterocycles. The standard InChI is InChI=1S/C24H20ClN3O2S/c1-15-4-3-5-21-23(15)26-16(2)28(24(21)30)19-10-12-20(13-11-19)31-14-22(29)27-18-8-6-17(25)7-9-18/h3-13H,14H2,1-2H3,(H,27,29). The average Bonchev–Trinajstić information content (AvgIpc) is 2.76.